The zero-order valence-corrected chi connectivity index (χ0v) is 14.1. The molecular weight excluding hydrogens is 352 g/mol. The number of phenolic OH excluding ortho intramolecular Hbond substituents is 1. The number of nitrogens with two attached hydrogens (primary N) is 2. The van der Waals surface area contributed by atoms with Gasteiger partial charge in [-0.2, -0.15) is 0 Å². The van der Waals surface area contributed by atoms with Gasteiger partial charge in [-0.15, -0.1) is 0 Å². The smallest absolute Gasteiger partial charge is 0.326 e. The second-order valence-corrected chi connectivity index (χ2v) is 5.84. The minimum atomic E-state index is -1.22. The van der Waals surface area contributed by atoms with Crippen molar-refractivity contribution in [2.75, 3.05) is 6.54 Å². The highest BCUT2D eigenvalue weighted by molar-refractivity contribution is 6.32. The summed E-state index contributed by atoms with van der Waals surface area (Å²) < 4.78 is 0. The zero-order chi connectivity index (χ0) is 19.0. The van der Waals surface area contributed by atoms with Crippen LogP contribution in [0.15, 0.2) is 18.2 Å². The van der Waals surface area contributed by atoms with Gasteiger partial charge in [-0.1, -0.05) is 17.7 Å². The number of hydrogen-bond donors (Lipinski definition) is 6. The molecule has 0 saturated carbocycles. The summed E-state index contributed by atoms with van der Waals surface area (Å²) in [5.41, 5.74) is 11.2. The average molecular weight is 373 g/mol. The SMILES string of the molecule is NC(=O)NCCC[C@H](N)C(=O)N[C@@H](Cc1ccc(O)c(Cl)c1)C(=O)O. The van der Waals surface area contributed by atoms with Crippen molar-refractivity contribution < 1.29 is 24.6 Å². The third-order valence-corrected chi connectivity index (χ3v) is 3.70. The van der Waals surface area contributed by atoms with E-state index in [1.165, 1.54) is 18.2 Å². The molecule has 1 aromatic carbocycles. The molecule has 0 aliphatic rings. The highest BCUT2D eigenvalue weighted by atomic mass is 35.5. The van der Waals surface area contributed by atoms with Crippen LogP contribution < -0.4 is 22.1 Å². The number of primary amides is 1. The van der Waals surface area contributed by atoms with Crippen LogP contribution in [0.3, 0.4) is 0 Å². The number of rotatable bonds is 9. The summed E-state index contributed by atoms with van der Waals surface area (Å²) in [6.45, 7) is 0.269. The first kappa shape index (κ1) is 20.5. The third-order valence-electron chi connectivity index (χ3n) is 3.39. The first-order valence-electron chi connectivity index (χ1n) is 7.50. The Kier molecular flexibility index (Phi) is 7.96. The van der Waals surface area contributed by atoms with E-state index in [1.807, 2.05) is 0 Å². The lowest BCUT2D eigenvalue weighted by molar-refractivity contribution is -0.142. The highest BCUT2D eigenvalue weighted by Crippen LogP contribution is 2.24. The summed E-state index contributed by atoms with van der Waals surface area (Å²) in [5, 5.41) is 23.5. The Morgan fingerprint density at radius 1 is 1.28 bits per heavy atom. The summed E-state index contributed by atoms with van der Waals surface area (Å²) in [6.07, 6.45) is 0.656. The van der Waals surface area contributed by atoms with Crippen LogP contribution >= 0.6 is 11.6 Å². The van der Waals surface area contributed by atoms with E-state index in [0.29, 0.717) is 12.0 Å². The molecule has 1 rings (SSSR count). The van der Waals surface area contributed by atoms with Gasteiger partial charge in [-0.25, -0.2) is 9.59 Å². The van der Waals surface area contributed by atoms with E-state index in [-0.39, 0.29) is 30.2 Å². The number of hydrogen-bond acceptors (Lipinski definition) is 5. The van der Waals surface area contributed by atoms with E-state index in [4.69, 9.17) is 23.1 Å². The number of carboxylic acids is 1. The van der Waals surface area contributed by atoms with Gasteiger partial charge in [0, 0.05) is 13.0 Å². The molecular formula is C15H21ClN4O5. The number of carbonyl (C=O) groups excluding carboxylic acids is 2. The third kappa shape index (κ3) is 7.27. The standard InChI is InChI=1S/C15H21ClN4O5/c16-9-6-8(3-4-12(9)21)7-11(14(23)24)20-13(22)10(17)2-1-5-19-15(18)25/h3-4,6,10-11,21H,1-2,5,7,17H2,(H,20,22)(H,23,24)(H3,18,19,25)/t10-,11-/m0/s1. The van der Waals surface area contributed by atoms with Crippen LogP contribution in [0.1, 0.15) is 18.4 Å². The van der Waals surface area contributed by atoms with Crippen LogP contribution in [-0.4, -0.2) is 46.7 Å². The molecule has 9 nitrogen and oxygen atoms in total. The number of aliphatic carboxylic acids is 1. The Morgan fingerprint density at radius 2 is 1.96 bits per heavy atom. The van der Waals surface area contributed by atoms with Crippen molar-refractivity contribution in [2.24, 2.45) is 11.5 Å². The van der Waals surface area contributed by atoms with Gasteiger partial charge >= 0.3 is 12.0 Å². The van der Waals surface area contributed by atoms with Crippen molar-refractivity contribution in [3.8, 4) is 5.75 Å². The van der Waals surface area contributed by atoms with Gasteiger partial charge in [-0.3, -0.25) is 4.79 Å². The predicted octanol–water partition coefficient (Wildman–Crippen LogP) is -0.0667. The molecule has 2 atom stereocenters. The normalized spacial score (nSPS) is 12.9. The second-order valence-electron chi connectivity index (χ2n) is 5.43. The molecule has 0 unspecified atom stereocenters. The number of nitrogens with one attached hydrogen (secondary N) is 2. The lowest BCUT2D eigenvalue weighted by atomic mass is 10.0. The molecule has 0 bridgehead atoms. The number of carboxylic acid groups (broad SMARTS) is 1. The van der Waals surface area contributed by atoms with E-state index in [1.54, 1.807) is 0 Å². The molecule has 138 valence electrons. The minimum Gasteiger partial charge on any atom is -0.506 e. The van der Waals surface area contributed by atoms with Gasteiger partial charge in [0.25, 0.3) is 0 Å². The van der Waals surface area contributed by atoms with Gasteiger partial charge < -0.3 is 32.3 Å². The second kappa shape index (κ2) is 9.70. The first-order valence-corrected chi connectivity index (χ1v) is 7.88. The van der Waals surface area contributed by atoms with Crippen LogP contribution in [0, 0.1) is 0 Å². The topological polar surface area (TPSA) is 168 Å². The van der Waals surface area contributed by atoms with Gasteiger partial charge in [0.05, 0.1) is 11.1 Å². The number of aromatic hydroxyl groups is 1. The molecule has 0 spiro atoms. The molecule has 0 fully saturated rings. The van der Waals surface area contributed by atoms with Crippen molar-refractivity contribution >= 4 is 29.5 Å². The molecule has 0 saturated heterocycles. The summed E-state index contributed by atoms with van der Waals surface area (Å²) in [6, 6.07) is 1.50. The fourth-order valence-electron chi connectivity index (χ4n) is 2.06. The van der Waals surface area contributed by atoms with E-state index >= 15 is 0 Å². The Labute approximate surface area is 149 Å². The van der Waals surface area contributed by atoms with Crippen LogP contribution in [0.5, 0.6) is 5.75 Å². The van der Waals surface area contributed by atoms with Crippen LogP contribution in [0.4, 0.5) is 4.79 Å². The summed E-state index contributed by atoms with van der Waals surface area (Å²) in [4.78, 5) is 33.9. The van der Waals surface area contributed by atoms with E-state index in [0.717, 1.165) is 0 Å². The largest absolute Gasteiger partial charge is 0.506 e. The first-order chi connectivity index (χ1) is 11.7. The Balaban J connectivity index is 2.58. The van der Waals surface area contributed by atoms with Crippen LogP contribution in [0.25, 0.3) is 0 Å². The Hall–Kier alpha value is -2.52. The molecule has 10 heteroatoms. The predicted molar refractivity (Wildman–Crippen MR) is 91.2 cm³/mol. The lowest BCUT2D eigenvalue weighted by Gasteiger charge is -2.18. The van der Waals surface area contributed by atoms with Crippen molar-refractivity contribution in [1.82, 2.24) is 10.6 Å². The quantitative estimate of drug-likeness (QED) is 0.332. The molecule has 0 aliphatic heterocycles. The molecule has 0 aliphatic carbocycles. The van der Waals surface area contributed by atoms with Crippen LogP contribution in [0.2, 0.25) is 5.02 Å². The van der Waals surface area contributed by atoms with E-state index in [2.05, 4.69) is 10.6 Å². The molecule has 3 amide bonds. The van der Waals surface area contributed by atoms with E-state index in [9.17, 15) is 24.6 Å². The highest BCUT2D eigenvalue weighted by Gasteiger charge is 2.23. The maximum atomic E-state index is 12.0. The molecule has 0 heterocycles. The van der Waals surface area contributed by atoms with Gasteiger partial charge in [0.1, 0.15) is 11.8 Å². The van der Waals surface area contributed by atoms with Crippen LogP contribution in [-0.2, 0) is 16.0 Å². The van der Waals surface area contributed by atoms with Gasteiger partial charge in [0.2, 0.25) is 5.91 Å². The maximum absolute atomic E-state index is 12.0. The average Bonchev–Trinajstić information content (AvgIpc) is 2.53. The summed E-state index contributed by atoms with van der Waals surface area (Å²) in [7, 11) is 0. The zero-order valence-electron chi connectivity index (χ0n) is 13.4. The van der Waals surface area contributed by atoms with Gasteiger partial charge in [0.15, 0.2) is 0 Å². The number of halogens is 1. The minimum absolute atomic E-state index is 0.0168. The van der Waals surface area contributed by atoms with Gasteiger partial charge in [-0.05, 0) is 30.5 Å². The molecule has 8 N–H and O–H groups in total. The number of urea groups is 1. The monoisotopic (exact) mass is 372 g/mol. The lowest BCUT2D eigenvalue weighted by Crippen LogP contribution is -2.49. The number of amides is 3. The molecule has 0 aromatic heterocycles. The molecule has 0 radical (unpaired) electrons. The number of phenols is 1. The molecule has 1 aromatic rings. The van der Waals surface area contributed by atoms with Crippen molar-refractivity contribution in [3.05, 3.63) is 28.8 Å². The Bertz CT molecular complexity index is 640. The fourth-order valence-corrected chi connectivity index (χ4v) is 2.26. The summed E-state index contributed by atoms with van der Waals surface area (Å²) in [5.74, 6) is -1.95. The van der Waals surface area contributed by atoms with Crippen molar-refractivity contribution in [3.63, 3.8) is 0 Å². The Morgan fingerprint density at radius 3 is 2.52 bits per heavy atom. The van der Waals surface area contributed by atoms with E-state index < -0.39 is 30.0 Å². The van der Waals surface area contributed by atoms with Crippen molar-refractivity contribution in [2.45, 2.75) is 31.3 Å². The molecule has 25 heavy (non-hydrogen) atoms. The number of carbonyl (C=O) groups is 3. The maximum Gasteiger partial charge on any atom is 0.326 e. The fraction of sp³-hybridized carbons (Fsp3) is 0.400. The summed E-state index contributed by atoms with van der Waals surface area (Å²) >= 11 is 5.78. The number of benzene rings is 1. The van der Waals surface area contributed by atoms with Crippen molar-refractivity contribution in [1.29, 1.82) is 0 Å².